The molecule has 1 aliphatic carbocycles. The number of rotatable bonds is 8. The number of nitrogens with zero attached hydrogens (tertiary/aromatic N) is 3. The van der Waals surface area contributed by atoms with Crippen molar-refractivity contribution in [2.45, 2.75) is 40.0 Å². The van der Waals surface area contributed by atoms with Crippen LogP contribution in [0.5, 0.6) is 5.75 Å². The SMILES string of the molecule is C=CC[C@]1(COc2cnc(C)nc2CC)CC1C=O.CNc1cc(C)c(F)cn1. The summed E-state index contributed by atoms with van der Waals surface area (Å²) in [7, 11) is 1.75. The third kappa shape index (κ3) is 5.82. The largest absolute Gasteiger partial charge is 0.489 e. The van der Waals surface area contributed by atoms with Crippen molar-refractivity contribution in [3.8, 4) is 5.75 Å². The summed E-state index contributed by atoms with van der Waals surface area (Å²) >= 11 is 0. The van der Waals surface area contributed by atoms with Gasteiger partial charge in [0.05, 0.1) is 24.7 Å². The molecule has 1 fully saturated rings. The van der Waals surface area contributed by atoms with E-state index in [1.165, 1.54) is 6.20 Å². The van der Waals surface area contributed by atoms with Crippen molar-refractivity contribution in [1.82, 2.24) is 15.0 Å². The second-order valence-electron chi connectivity index (χ2n) is 7.24. The first-order chi connectivity index (χ1) is 13.9. The fourth-order valence-electron chi connectivity index (χ4n) is 3.10. The number of aldehydes is 1. The van der Waals surface area contributed by atoms with Gasteiger partial charge in [-0.25, -0.2) is 19.3 Å². The Labute approximate surface area is 171 Å². The average Bonchev–Trinajstić information content (AvgIpc) is 3.42. The molecule has 0 amide bonds. The number of carbonyl (C=O) groups is 1. The van der Waals surface area contributed by atoms with Crippen molar-refractivity contribution in [2.75, 3.05) is 19.0 Å². The summed E-state index contributed by atoms with van der Waals surface area (Å²) in [5.41, 5.74) is 1.48. The van der Waals surface area contributed by atoms with Gasteiger partial charge in [-0.3, -0.25) is 0 Å². The lowest BCUT2D eigenvalue weighted by atomic mass is 10.0. The number of hydrogen-bond donors (Lipinski definition) is 1. The molecule has 6 nitrogen and oxygen atoms in total. The van der Waals surface area contributed by atoms with E-state index < -0.39 is 0 Å². The van der Waals surface area contributed by atoms with E-state index in [1.807, 2.05) is 19.9 Å². The van der Waals surface area contributed by atoms with Crippen molar-refractivity contribution >= 4 is 12.1 Å². The van der Waals surface area contributed by atoms with Crippen LogP contribution < -0.4 is 10.1 Å². The number of pyridine rings is 1. The quantitative estimate of drug-likeness (QED) is 0.531. The van der Waals surface area contributed by atoms with E-state index in [-0.39, 0.29) is 17.2 Å². The van der Waals surface area contributed by atoms with Gasteiger partial charge in [0.15, 0.2) is 5.75 Å². The Hall–Kier alpha value is -2.83. The summed E-state index contributed by atoms with van der Waals surface area (Å²) in [5, 5.41) is 2.82. The smallest absolute Gasteiger partial charge is 0.159 e. The van der Waals surface area contributed by atoms with Gasteiger partial charge in [-0.15, -0.1) is 6.58 Å². The van der Waals surface area contributed by atoms with Crippen LogP contribution in [0.4, 0.5) is 10.2 Å². The number of ether oxygens (including phenoxy) is 1. The highest BCUT2D eigenvalue weighted by molar-refractivity contribution is 5.60. The first-order valence-electron chi connectivity index (χ1n) is 9.70. The summed E-state index contributed by atoms with van der Waals surface area (Å²) in [6, 6.07) is 1.66. The van der Waals surface area contributed by atoms with Crippen molar-refractivity contribution in [3.05, 3.63) is 54.0 Å². The van der Waals surface area contributed by atoms with Gasteiger partial charge in [0, 0.05) is 18.4 Å². The number of aryl methyl sites for hydroxylation is 3. The number of anilines is 1. The summed E-state index contributed by atoms with van der Waals surface area (Å²) in [4.78, 5) is 23.2. The molecular formula is C22H29FN4O2. The van der Waals surface area contributed by atoms with Crippen LogP contribution >= 0.6 is 0 Å². The van der Waals surface area contributed by atoms with E-state index >= 15 is 0 Å². The van der Waals surface area contributed by atoms with E-state index in [1.54, 1.807) is 26.2 Å². The van der Waals surface area contributed by atoms with Crippen LogP contribution in [0.25, 0.3) is 0 Å². The van der Waals surface area contributed by atoms with E-state index in [0.29, 0.717) is 18.0 Å². The zero-order valence-electron chi connectivity index (χ0n) is 17.5. The molecule has 0 aliphatic heterocycles. The Morgan fingerprint density at radius 2 is 2.14 bits per heavy atom. The zero-order valence-corrected chi connectivity index (χ0v) is 17.5. The molecule has 1 aliphatic rings. The molecule has 2 aromatic rings. The third-order valence-corrected chi connectivity index (χ3v) is 5.07. The van der Waals surface area contributed by atoms with Gasteiger partial charge in [0.2, 0.25) is 0 Å². The van der Waals surface area contributed by atoms with Gasteiger partial charge in [0.1, 0.15) is 23.7 Å². The van der Waals surface area contributed by atoms with E-state index in [2.05, 4.69) is 26.8 Å². The minimum absolute atomic E-state index is 0.0562. The molecule has 0 aromatic carbocycles. The maximum absolute atomic E-state index is 12.5. The lowest BCUT2D eigenvalue weighted by molar-refractivity contribution is -0.109. The number of halogens is 1. The van der Waals surface area contributed by atoms with Gasteiger partial charge < -0.3 is 14.8 Å². The first-order valence-corrected chi connectivity index (χ1v) is 9.70. The Morgan fingerprint density at radius 1 is 1.38 bits per heavy atom. The standard InChI is InChI=1S/C15H20N2O2.C7H9FN2/c1-4-6-15(7-12(15)9-18)10-19-14-8-16-11(3)17-13(14)5-2;1-5-3-7(9-2)10-4-6(5)8/h4,8-9,12H,1,5-7,10H2,2-3H3;3-4H,1-2H3,(H,9,10)/t12?,15-;/m1./s1. The van der Waals surface area contributed by atoms with Crippen molar-refractivity contribution in [2.24, 2.45) is 11.3 Å². The molecule has 2 aromatic heterocycles. The Balaban J connectivity index is 0.000000253. The molecular weight excluding hydrogens is 371 g/mol. The summed E-state index contributed by atoms with van der Waals surface area (Å²) in [5.74, 6) is 2.01. The van der Waals surface area contributed by atoms with Crippen molar-refractivity contribution in [3.63, 3.8) is 0 Å². The fourth-order valence-corrected chi connectivity index (χ4v) is 3.10. The van der Waals surface area contributed by atoms with E-state index in [9.17, 15) is 9.18 Å². The second-order valence-corrected chi connectivity index (χ2v) is 7.24. The Kier molecular flexibility index (Phi) is 7.82. The van der Waals surface area contributed by atoms with Crippen molar-refractivity contribution in [1.29, 1.82) is 0 Å². The first kappa shape index (κ1) is 22.5. The fraction of sp³-hybridized carbons (Fsp3) is 0.455. The lowest BCUT2D eigenvalue weighted by Crippen LogP contribution is -2.17. The molecule has 1 N–H and O–H groups in total. The molecule has 2 heterocycles. The summed E-state index contributed by atoms with van der Waals surface area (Å²) < 4.78 is 18.4. The van der Waals surface area contributed by atoms with Crippen LogP contribution in [0.1, 0.15) is 36.8 Å². The van der Waals surface area contributed by atoms with Crippen LogP contribution in [0.3, 0.4) is 0 Å². The predicted octanol–water partition coefficient (Wildman–Crippen LogP) is 4.08. The molecule has 7 heteroatoms. The van der Waals surface area contributed by atoms with Crippen LogP contribution in [-0.4, -0.2) is 34.9 Å². The molecule has 0 saturated heterocycles. The minimum Gasteiger partial charge on any atom is -0.489 e. The second kappa shape index (κ2) is 10.1. The molecule has 156 valence electrons. The highest BCUT2D eigenvalue weighted by Gasteiger charge is 2.53. The molecule has 0 spiro atoms. The number of nitrogens with one attached hydrogen (secondary N) is 1. The number of aromatic nitrogens is 3. The van der Waals surface area contributed by atoms with E-state index in [4.69, 9.17) is 4.74 Å². The third-order valence-electron chi connectivity index (χ3n) is 5.07. The number of allylic oxidation sites excluding steroid dienone is 1. The van der Waals surface area contributed by atoms with Gasteiger partial charge in [-0.1, -0.05) is 13.0 Å². The molecule has 1 saturated carbocycles. The lowest BCUT2D eigenvalue weighted by Gasteiger charge is -2.16. The van der Waals surface area contributed by atoms with Gasteiger partial charge in [-0.2, -0.15) is 0 Å². The van der Waals surface area contributed by atoms with Crippen molar-refractivity contribution < 1.29 is 13.9 Å². The molecule has 3 rings (SSSR count). The highest BCUT2D eigenvalue weighted by atomic mass is 19.1. The molecule has 2 atom stereocenters. The zero-order chi connectivity index (χ0) is 21.4. The number of hydrogen-bond acceptors (Lipinski definition) is 6. The molecule has 0 bridgehead atoms. The van der Waals surface area contributed by atoms with Gasteiger partial charge >= 0.3 is 0 Å². The Morgan fingerprint density at radius 3 is 2.69 bits per heavy atom. The maximum Gasteiger partial charge on any atom is 0.159 e. The molecule has 0 radical (unpaired) electrons. The van der Waals surface area contributed by atoms with Gasteiger partial charge in [-0.05, 0) is 44.7 Å². The van der Waals surface area contributed by atoms with E-state index in [0.717, 1.165) is 42.8 Å². The topological polar surface area (TPSA) is 77.0 Å². The summed E-state index contributed by atoms with van der Waals surface area (Å²) in [6.07, 6.45) is 8.33. The van der Waals surface area contributed by atoms with Crippen LogP contribution in [0, 0.1) is 31.0 Å². The highest BCUT2D eigenvalue weighted by Crippen LogP contribution is 2.54. The van der Waals surface area contributed by atoms with Crippen LogP contribution in [-0.2, 0) is 11.2 Å². The molecule has 29 heavy (non-hydrogen) atoms. The van der Waals surface area contributed by atoms with Gasteiger partial charge in [0.25, 0.3) is 0 Å². The van der Waals surface area contributed by atoms with Crippen LogP contribution in [0.15, 0.2) is 31.1 Å². The predicted molar refractivity (Wildman–Crippen MR) is 112 cm³/mol. The average molecular weight is 400 g/mol. The minimum atomic E-state index is -0.265. The summed E-state index contributed by atoms with van der Waals surface area (Å²) in [6.45, 7) is 9.90. The molecule has 1 unspecified atom stereocenters. The van der Waals surface area contributed by atoms with Crippen LogP contribution in [0.2, 0.25) is 0 Å². The number of carbonyl (C=O) groups excluding carboxylic acids is 1. The maximum atomic E-state index is 12.5. The normalized spacial score (nSPS) is 19.6. The Bertz CT molecular complexity index is 859. The monoisotopic (exact) mass is 400 g/mol.